The van der Waals surface area contributed by atoms with Crippen LogP contribution in [-0.4, -0.2) is 49.9 Å². The summed E-state index contributed by atoms with van der Waals surface area (Å²) in [6, 6.07) is 0. The van der Waals surface area contributed by atoms with Gasteiger partial charge in [-0.15, -0.1) is 0 Å². The Morgan fingerprint density at radius 2 is 1.83 bits per heavy atom. The minimum Gasteiger partial charge on any atom is -0.468 e. The molecule has 0 aliphatic heterocycles. The number of amides is 2. The Labute approximate surface area is 108 Å². The molecule has 6 nitrogen and oxygen atoms in total. The predicted molar refractivity (Wildman–Crippen MR) is 66.8 cm³/mol. The SMILES string of the molecule is COC(=O)CN(C)C(=O)CCCCCNC(C)=O. The van der Waals surface area contributed by atoms with E-state index in [1.165, 1.54) is 18.9 Å². The van der Waals surface area contributed by atoms with Crippen LogP contribution in [0.5, 0.6) is 0 Å². The van der Waals surface area contributed by atoms with Crippen LogP contribution in [0.2, 0.25) is 0 Å². The number of nitrogens with zero attached hydrogens (tertiary/aromatic N) is 1. The molecular formula is C12H22N2O4. The van der Waals surface area contributed by atoms with Gasteiger partial charge in [-0.1, -0.05) is 6.42 Å². The highest BCUT2D eigenvalue weighted by Gasteiger charge is 2.12. The molecule has 0 saturated heterocycles. The molecule has 6 heteroatoms. The Morgan fingerprint density at radius 3 is 2.39 bits per heavy atom. The van der Waals surface area contributed by atoms with E-state index in [0.29, 0.717) is 13.0 Å². The standard InChI is InChI=1S/C12H22N2O4/c1-10(15)13-8-6-4-5-7-11(16)14(2)9-12(17)18-3/h4-9H2,1-3H3,(H,13,15). The van der Waals surface area contributed by atoms with E-state index in [0.717, 1.165) is 19.3 Å². The number of methoxy groups -OCH3 is 1. The Bertz CT molecular complexity index is 292. The van der Waals surface area contributed by atoms with Crippen molar-refractivity contribution in [2.75, 3.05) is 27.2 Å². The lowest BCUT2D eigenvalue weighted by Crippen LogP contribution is -2.32. The topological polar surface area (TPSA) is 75.7 Å². The van der Waals surface area contributed by atoms with E-state index in [-0.39, 0.29) is 18.4 Å². The van der Waals surface area contributed by atoms with Crippen molar-refractivity contribution in [3.8, 4) is 0 Å². The molecule has 0 aliphatic carbocycles. The molecule has 0 aromatic carbocycles. The second kappa shape index (κ2) is 9.44. The maximum Gasteiger partial charge on any atom is 0.325 e. The number of unbranched alkanes of at least 4 members (excludes halogenated alkanes) is 2. The highest BCUT2D eigenvalue weighted by Crippen LogP contribution is 2.02. The van der Waals surface area contributed by atoms with E-state index >= 15 is 0 Å². The molecule has 18 heavy (non-hydrogen) atoms. The Morgan fingerprint density at radius 1 is 1.17 bits per heavy atom. The number of carbonyl (C=O) groups is 3. The zero-order valence-electron chi connectivity index (χ0n) is 11.3. The molecule has 0 aromatic rings. The van der Waals surface area contributed by atoms with Crippen LogP contribution in [0.1, 0.15) is 32.6 Å². The van der Waals surface area contributed by atoms with Crippen LogP contribution in [-0.2, 0) is 19.1 Å². The molecular weight excluding hydrogens is 236 g/mol. The molecule has 1 N–H and O–H groups in total. The van der Waals surface area contributed by atoms with Crippen LogP contribution >= 0.6 is 0 Å². The van der Waals surface area contributed by atoms with E-state index in [2.05, 4.69) is 10.1 Å². The minimum absolute atomic E-state index is 0.0127. The molecule has 0 saturated carbocycles. The van der Waals surface area contributed by atoms with E-state index in [1.54, 1.807) is 7.05 Å². The first-order valence-electron chi connectivity index (χ1n) is 6.02. The van der Waals surface area contributed by atoms with E-state index < -0.39 is 5.97 Å². The van der Waals surface area contributed by atoms with Crippen molar-refractivity contribution in [2.24, 2.45) is 0 Å². The van der Waals surface area contributed by atoms with Crippen molar-refractivity contribution < 1.29 is 19.1 Å². The second-order valence-corrected chi connectivity index (χ2v) is 4.12. The highest BCUT2D eigenvalue weighted by atomic mass is 16.5. The highest BCUT2D eigenvalue weighted by molar-refractivity contribution is 5.81. The van der Waals surface area contributed by atoms with E-state index in [1.807, 2.05) is 0 Å². The summed E-state index contributed by atoms with van der Waals surface area (Å²) in [4.78, 5) is 34.5. The van der Waals surface area contributed by atoms with Gasteiger partial charge in [0.2, 0.25) is 11.8 Å². The lowest BCUT2D eigenvalue weighted by molar-refractivity contribution is -0.146. The van der Waals surface area contributed by atoms with Gasteiger partial charge in [-0.05, 0) is 12.8 Å². The summed E-state index contributed by atoms with van der Waals surface area (Å²) in [7, 11) is 2.87. The molecule has 0 aliphatic rings. The van der Waals surface area contributed by atoms with Gasteiger partial charge in [0, 0.05) is 26.9 Å². The maximum atomic E-state index is 11.6. The number of ether oxygens (including phenoxy) is 1. The van der Waals surface area contributed by atoms with Crippen molar-refractivity contribution in [3.63, 3.8) is 0 Å². The van der Waals surface area contributed by atoms with Crippen molar-refractivity contribution in [1.82, 2.24) is 10.2 Å². The van der Waals surface area contributed by atoms with Crippen molar-refractivity contribution in [2.45, 2.75) is 32.6 Å². The number of rotatable bonds is 8. The summed E-state index contributed by atoms with van der Waals surface area (Å²) >= 11 is 0. The van der Waals surface area contributed by atoms with Crippen LogP contribution < -0.4 is 5.32 Å². The van der Waals surface area contributed by atoms with E-state index in [9.17, 15) is 14.4 Å². The Balaban J connectivity index is 3.58. The number of hydrogen-bond donors (Lipinski definition) is 1. The van der Waals surface area contributed by atoms with Gasteiger partial charge in [-0.2, -0.15) is 0 Å². The molecule has 0 atom stereocenters. The molecule has 0 bridgehead atoms. The number of nitrogens with one attached hydrogen (secondary N) is 1. The molecule has 0 radical (unpaired) electrons. The van der Waals surface area contributed by atoms with Crippen LogP contribution in [0.3, 0.4) is 0 Å². The van der Waals surface area contributed by atoms with E-state index in [4.69, 9.17) is 0 Å². The van der Waals surface area contributed by atoms with Gasteiger partial charge in [0.15, 0.2) is 0 Å². The van der Waals surface area contributed by atoms with Gasteiger partial charge >= 0.3 is 5.97 Å². The number of likely N-dealkylation sites (N-methyl/N-ethyl adjacent to an activating group) is 1. The molecule has 0 spiro atoms. The average molecular weight is 258 g/mol. The lowest BCUT2D eigenvalue weighted by Gasteiger charge is -2.15. The summed E-state index contributed by atoms with van der Waals surface area (Å²) in [6.07, 6.45) is 2.89. The van der Waals surface area contributed by atoms with Gasteiger partial charge in [0.1, 0.15) is 6.54 Å². The van der Waals surface area contributed by atoms with Crippen LogP contribution in [0.4, 0.5) is 0 Å². The zero-order valence-corrected chi connectivity index (χ0v) is 11.3. The summed E-state index contributed by atoms with van der Waals surface area (Å²) in [5, 5.41) is 2.69. The first-order valence-corrected chi connectivity index (χ1v) is 6.02. The molecule has 0 unspecified atom stereocenters. The van der Waals surface area contributed by atoms with Crippen LogP contribution in [0, 0.1) is 0 Å². The molecule has 0 fully saturated rings. The fourth-order valence-electron chi connectivity index (χ4n) is 1.38. The lowest BCUT2D eigenvalue weighted by atomic mass is 10.2. The second-order valence-electron chi connectivity index (χ2n) is 4.12. The van der Waals surface area contributed by atoms with Gasteiger partial charge in [0.05, 0.1) is 7.11 Å². The molecule has 104 valence electrons. The quantitative estimate of drug-likeness (QED) is 0.502. The van der Waals surface area contributed by atoms with Crippen molar-refractivity contribution in [1.29, 1.82) is 0 Å². The third kappa shape index (κ3) is 8.55. The molecule has 0 rings (SSSR count). The summed E-state index contributed by atoms with van der Waals surface area (Å²) in [5.41, 5.74) is 0. The van der Waals surface area contributed by atoms with Gasteiger partial charge in [-0.25, -0.2) is 0 Å². The normalized spacial score (nSPS) is 9.72. The fraction of sp³-hybridized carbons (Fsp3) is 0.750. The average Bonchev–Trinajstić information content (AvgIpc) is 2.32. The zero-order chi connectivity index (χ0) is 14.0. The molecule has 0 heterocycles. The monoisotopic (exact) mass is 258 g/mol. The number of carbonyl (C=O) groups excluding carboxylic acids is 3. The Kier molecular flexibility index (Phi) is 8.61. The third-order valence-electron chi connectivity index (χ3n) is 2.46. The smallest absolute Gasteiger partial charge is 0.325 e. The summed E-state index contributed by atoms with van der Waals surface area (Å²) in [5.74, 6) is -0.527. The first kappa shape index (κ1) is 16.4. The fourth-order valence-corrected chi connectivity index (χ4v) is 1.38. The predicted octanol–water partition coefficient (Wildman–Crippen LogP) is 0.314. The summed E-state index contributed by atoms with van der Waals surface area (Å²) in [6.45, 7) is 2.11. The van der Waals surface area contributed by atoms with Gasteiger partial charge in [0.25, 0.3) is 0 Å². The summed E-state index contributed by atoms with van der Waals surface area (Å²) < 4.78 is 4.48. The first-order chi connectivity index (χ1) is 8.47. The number of esters is 1. The third-order valence-corrected chi connectivity index (χ3v) is 2.46. The van der Waals surface area contributed by atoms with Crippen molar-refractivity contribution in [3.05, 3.63) is 0 Å². The van der Waals surface area contributed by atoms with Crippen LogP contribution in [0.25, 0.3) is 0 Å². The minimum atomic E-state index is -0.420. The van der Waals surface area contributed by atoms with Gasteiger partial charge in [-0.3, -0.25) is 14.4 Å². The van der Waals surface area contributed by atoms with Gasteiger partial charge < -0.3 is 15.0 Å². The number of hydrogen-bond acceptors (Lipinski definition) is 4. The largest absolute Gasteiger partial charge is 0.468 e. The molecule has 2 amide bonds. The molecule has 0 aromatic heterocycles. The maximum absolute atomic E-state index is 11.6. The van der Waals surface area contributed by atoms with Crippen molar-refractivity contribution >= 4 is 17.8 Å². The Hall–Kier alpha value is -1.59. The van der Waals surface area contributed by atoms with Crippen LogP contribution in [0.15, 0.2) is 0 Å².